The number of anilines is 1. The van der Waals surface area contributed by atoms with Gasteiger partial charge in [-0.1, -0.05) is 59.9 Å². The van der Waals surface area contributed by atoms with Gasteiger partial charge in [0.05, 0.1) is 23.9 Å². The van der Waals surface area contributed by atoms with Crippen LogP contribution in [-0.2, 0) is 26.6 Å². The summed E-state index contributed by atoms with van der Waals surface area (Å²) in [5.41, 5.74) is 2.27. The molecule has 0 saturated carbocycles. The third kappa shape index (κ3) is 8.06. The van der Waals surface area contributed by atoms with Crippen LogP contribution in [0.4, 0.5) is 5.69 Å². The Bertz CT molecular complexity index is 1470. The topological polar surface area (TPSA) is 113 Å². The van der Waals surface area contributed by atoms with Crippen LogP contribution in [0, 0.1) is 18.8 Å². The van der Waals surface area contributed by atoms with Gasteiger partial charge in [0.2, 0.25) is 20.0 Å². The number of para-hydroxylation sites is 1. The van der Waals surface area contributed by atoms with Gasteiger partial charge in [0.1, 0.15) is 11.9 Å². The zero-order valence-corrected chi connectivity index (χ0v) is 22.5. The van der Waals surface area contributed by atoms with E-state index < -0.39 is 26.2 Å². The van der Waals surface area contributed by atoms with E-state index in [0.29, 0.717) is 11.3 Å². The van der Waals surface area contributed by atoms with Gasteiger partial charge in [0, 0.05) is 25.1 Å². The molecular weight excluding hydrogens is 512 g/mol. The summed E-state index contributed by atoms with van der Waals surface area (Å²) < 4.78 is 59.0. The first kappa shape index (κ1) is 28.2. The number of aryl methyl sites for hydroxylation is 1. The van der Waals surface area contributed by atoms with Crippen molar-refractivity contribution >= 4 is 25.7 Å². The third-order valence-corrected chi connectivity index (χ3v) is 7.90. The largest absolute Gasteiger partial charge is 0.497 e. The van der Waals surface area contributed by atoms with E-state index in [1.54, 1.807) is 73.8 Å². The van der Waals surface area contributed by atoms with Crippen LogP contribution in [0.3, 0.4) is 0 Å². The van der Waals surface area contributed by atoms with Gasteiger partial charge in [-0.15, -0.1) is 0 Å². The second-order valence-electron chi connectivity index (χ2n) is 8.43. The van der Waals surface area contributed by atoms with Gasteiger partial charge in [-0.2, -0.15) is 4.31 Å². The lowest BCUT2D eigenvalue weighted by atomic mass is 10.1. The number of nitrogens with zero attached hydrogens (tertiary/aromatic N) is 1. The fourth-order valence-electron chi connectivity index (χ4n) is 3.53. The number of nitrogens with one attached hydrogen (secondary N) is 1. The summed E-state index contributed by atoms with van der Waals surface area (Å²) in [6, 6.07) is 20.2. The van der Waals surface area contributed by atoms with Crippen molar-refractivity contribution in [3.8, 4) is 17.6 Å². The highest BCUT2D eigenvalue weighted by molar-refractivity contribution is 7.92. The number of methoxy groups -OCH3 is 1. The number of aliphatic hydroxyl groups is 1. The van der Waals surface area contributed by atoms with Gasteiger partial charge in [0.25, 0.3) is 0 Å². The highest BCUT2D eigenvalue weighted by Gasteiger charge is 2.24. The average Bonchev–Trinajstić information content (AvgIpc) is 2.85. The Morgan fingerprint density at radius 2 is 1.62 bits per heavy atom. The quantitative estimate of drug-likeness (QED) is 0.378. The average molecular weight is 543 g/mol. The first-order valence-electron chi connectivity index (χ1n) is 11.4. The van der Waals surface area contributed by atoms with Crippen molar-refractivity contribution in [2.24, 2.45) is 0 Å². The molecule has 3 aromatic carbocycles. The van der Waals surface area contributed by atoms with E-state index in [2.05, 4.69) is 16.6 Å². The van der Waals surface area contributed by atoms with Gasteiger partial charge in [-0.25, -0.2) is 16.8 Å². The molecule has 10 heteroatoms. The summed E-state index contributed by atoms with van der Waals surface area (Å²) in [5.74, 6) is 6.20. The number of sulfonamides is 2. The van der Waals surface area contributed by atoms with E-state index in [1.807, 2.05) is 6.92 Å². The summed E-state index contributed by atoms with van der Waals surface area (Å²) in [5, 5.41) is 10.6. The van der Waals surface area contributed by atoms with E-state index in [-0.39, 0.29) is 30.1 Å². The van der Waals surface area contributed by atoms with E-state index in [4.69, 9.17) is 4.74 Å². The van der Waals surface area contributed by atoms with Crippen LogP contribution in [-0.4, -0.2) is 46.2 Å². The van der Waals surface area contributed by atoms with Gasteiger partial charge >= 0.3 is 0 Å². The lowest BCUT2D eigenvalue weighted by molar-refractivity contribution is 0.239. The molecule has 1 atom stereocenters. The number of hydrogen-bond acceptors (Lipinski definition) is 6. The molecule has 196 valence electrons. The normalized spacial score (nSPS) is 12.5. The minimum absolute atomic E-state index is 0.0885. The van der Waals surface area contributed by atoms with Gasteiger partial charge in [0.15, 0.2) is 0 Å². The van der Waals surface area contributed by atoms with Gasteiger partial charge < -0.3 is 9.84 Å². The third-order valence-electron chi connectivity index (χ3n) is 5.45. The minimum Gasteiger partial charge on any atom is -0.497 e. The molecule has 0 bridgehead atoms. The molecule has 0 heterocycles. The van der Waals surface area contributed by atoms with Crippen LogP contribution < -0.4 is 9.46 Å². The zero-order chi connectivity index (χ0) is 27.1. The summed E-state index contributed by atoms with van der Waals surface area (Å²) in [7, 11) is -5.79. The van der Waals surface area contributed by atoms with E-state index in [1.165, 1.54) is 10.4 Å². The first-order valence-corrected chi connectivity index (χ1v) is 14.8. The molecule has 0 aromatic heterocycles. The Labute approximate surface area is 219 Å². The van der Waals surface area contributed by atoms with Crippen LogP contribution in [0.15, 0.2) is 77.7 Å². The highest BCUT2D eigenvalue weighted by Crippen LogP contribution is 2.24. The maximum atomic E-state index is 13.4. The maximum Gasteiger partial charge on any atom is 0.243 e. The highest BCUT2D eigenvalue weighted by atomic mass is 32.2. The van der Waals surface area contributed by atoms with Crippen LogP contribution in [0.25, 0.3) is 0 Å². The van der Waals surface area contributed by atoms with Crippen molar-refractivity contribution in [2.45, 2.75) is 30.9 Å². The molecule has 0 fully saturated rings. The molecule has 0 spiro atoms. The monoisotopic (exact) mass is 542 g/mol. The first-order chi connectivity index (χ1) is 17.5. The standard InChI is InChI=1S/C27H30N2O6S2/c1-21-11-17-24(18-12-21)37(33,34)29(20-22-13-15-23(35-2)16-14-22)19-7-6-10-27(30)25-8-4-5-9-26(25)28-36(3,31)32/h4-5,8-9,11-18,27-28,30H,7,19-20H2,1-3H3. The summed E-state index contributed by atoms with van der Waals surface area (Å²) in [6.45, 7) is 2.10. The van der Waals surface area contributed by atoms with E-state index in [0.717, 1.165) is 17.4 Å². The lowest BCUT2D eigenvalue weighted by Crippen LogP contribution is -2.31. The fraction of sp³-hybridized carbons (Fsp3) is 0.259. The van der Waals surface area contributed by atoms with Gasteiger partial charge in [-0.05, 0) is 42.8 Å². The second-order valence-corrected chi connectivity index (χ2v) is 12.1. The lowest BCUT2D eigenvalue weighted by Gasteiger charge is -2.22. The smallest absolute Gasteiger partial charge is 0.243 e. The Kier molecular flexibility index (Phi) is 9.34. The van der Waals surface area contributed by atoms with Crippen molar-refractivity contribution in [1.29, 1.82) is 0 Å². The van der Waals surface area contributed by atoms with Crippen molar-refractivity contribution < 1.29 is 26.7 Å². The molecule has 0 amide bonds. The zero-order valence-electron chi connectivity index (χ0n) is 20.9. The maximum absolute atomic E-state index is 13.4. The number of ether oxygens (including phenoxy) is 1. The number of aliphatic hydroxyl groups excluding tert-OH is 1. The number of benzene rings is 3. The molecular formula is C27H30N2O6S2. The van der Waals surface area contributed by atoms with Crippen molar-refractivity contribution in [1.82, 2.24) is 4.31 Å². The molecule has 1 unspecified atom stereocenters. The Balaban J connectivity index is 1.80. The van der Waals surface area contributed by atoms with Crippen molar-refractivity contribution in [3.05, 3.63) is 89.5 Å². The predicted molar refractivity (Wildman–Crippen MR) is 144 cm³/mol. The van der Waals surface area contributed by atoms with Crippen molar-refractivity contribution in [3.63, 3.8) is 0 Å². The molecule has 0 aliphatic heterocycles. The van der Waals surface area contributed by atoms with Crippen LogP contribution in [0.1, 0.15) is 29.2 Å². The number of rotatable bonds is 10. The molecule has 2 N–H and O–H groups in total. The molecule has 0 aliphatic carbocycles. The van der Waals surface area contributed by atoms with Gasteiger partial charge in [-0.3, -0.25) is 4.72 Å². The molecule has 37 heavy (non-hydrogen) atoms. The minimum atomic E-state index is -3.82. The number of hydrogen-bond donors (Lipinski definition) is 2. The molecule has 0 aliphatic rings. The summed E-state index contributed by atoms with van der Waals surface area (Å²) >= 11 is 0. The van der Waals surface area contributed by atoms with E-state index in [9.17, 15) is 21.9 Å². The predicted octanol–water partition coefficient (Wildman–Crippen LogP) is 3.69. The molecule has 3 rings (SSSR count). The second kappa shape index (κ2) is 12.3. The molecule has 0 saturated heterocycles. The SMILES string of the molecule is COc1ccc(CN(CCC#CC(O)c2ccccc2NS(C)(=O)=O)S(=O)(=O)c2ccc(C)cc2)cc1. The molecule has 8 nitrogen and oxygen atoms in total. The van der Waals surface area contributed by atoms with Crippen LogP contribution in [0.5, 0.6) is 5.75 Å². The van der Waals surface area contributed by atoms with Crippen LogP contribution >= 0.6 is 0 Å². The van der Waals surface area contributed by atoms with Crippen LogP contribution in [0.2, 0.25) is 0 Å². The Hall–Kier alpha value is -3.36. The van der Waals surface area contributed by atoms with Crippen molar-refractivity contribution in [2.75, 3.05) is 24.6 Å². The Morgan fingerprint density at radius 3 is 2.24 bits per heavy atom. The molecule has 3 aromatic rings. The fourth-order valence-corrected chi connectivity index (χ4v) is 5.55. The Morgan fingerprint density at radius 1 is 0.973 bits per heavy atom. The summed E-state index contributed by atoms with van der Waals surface area (Å²) in [6.07, 6.45) is -0.0811. The van der Waals surface area contributed by atoms with E-state index >= 15 is 0 Å². The molecule has 0 radical (unpaired) electrons. The summed E-state index contributed by atoms with van der Waals surface area (Å²) in [4.78, 5) is 0.181.